The first kappa shape index (κ1) is 12.3. The minimum Gasteiger partial charge on any atom is -0.369 e. The summed E-state index contributed by atoms with van der Waals surface area (Å²) < 4.78 is 0. The first-order valence-electron chi connectivity index (χ1n) is 5.81. The first-order valence-corrected chi connectivity index (χ1v) is 6.56. The highest BCUT2D eigenvalue weighted by atomic mass is 35.5. The third-order valence-electron chi connectivity index (χ3n) is 3.01. The fraction of sp³-hybridized carbons (Fsp3) is 0.0714. The molecule has 0 bridgehead atoms. The van der Waals surface area contributed by atoms with E-state index in [2.05, 4.69) is 9.97 Å². The Hall–Kier alpha value is -1.71. The molecule has 1 heterocycles. The van der Waals surface area contributed by atoms with Gasteiger partial charge in [0.1, 0.15) is 0 Å². The van der Waals surface area contributed by atoms with Gasteiger partial charge in [-0.25, -0.2) is 4.98 Å². The quantitative estimate of drug-likeness (QED) is 0.749. The SMILES string of the molecule is Nc1nc2c(Cc3ccccc3)c(Cl)c(Cl)cc2[nH]1. The average Bonchev–Trinajstić information content (AvgIpc) is 2.76. The van der Waals surface area contributed by atoms with E-state index in [1.807, 2.05) is 30.3 Å². The van der Waals surface area contributed by atoms with E-state index in [4.69, 9.17) is 28.9 Å². The van der Waals surface area contributed by atoms with Gasteiger partial charge >= 0.3 is 0 Å². The summed E-state index contributed by atoms with van der Waals surface area (Å²) in [5, 5.41) is 1.04. The number of nitrogen functional groups attached to an aromatic ring is 1. The third-order valence-corrected chi connectivity index (χ3v) is 3.83. The molecule has 0 amide bonds. The van der Waals surface area contributed by atoms with Gasteiger partial charge in [-0.05, 0) is 11.6 Å². The van der Waals surface area contributed by atoms with Crippen LogP contribution in [0.4, 0.5) is 5.95 Å². The molecule has 0 spiro atoms. The Morgan fingerprint density at radius 3 is 2.63 bits per heavy atom. The molecule has 0 fully saturated rings. The summed E-state index contributed by atoms with van der Waals surface area (Å²) >= 11 is 12.5. The number of hydrogen-bond acceptors (Lipinski definition) is 2. The molecule has 3 N–H and O–H groups in total. The van der Waals surface area contributed by atoms with Gasteiger partial charge in [-0.2, -0.15) is 0 Å². The number of benzene rings is 2. The molecule has 3 nitrogen and oxygen atoms in total. The van der Waals surface area contributed by atoms with Crippen molar-refractivity contribution in [2.45, 2.75) is 6.42 Å². The number of hydrogen-bond donors (Lipinski definition) is 2. The Labute approximate surface area is 120 Å². The lowest BCUT2D eigenvalue weighted by molar-refractivity contribution is 1.20. The van der Waals surface area contributed by atoms with E-state index in [9.17, 15) is 0 Å². The number of fused-ring (bicyclic) bond motifs is 1. The molecule has 0 radical (unpaired) electrons. The number of imidazole rings is 1. The predicted octanol–water partition coefficient (Wildman–Crippen LogP) is 4.04. The van der Waals surface area contributed by atoms with E-state index in [-0.39, 0.29) is 0 Å². The number of aromatic amines is 1. The van der Waals surface area contributed by atoms with Crippen LogP contribution >= 0.6 is 23.2 Å². The lowest BCUT2D eigenvalue weighted by Gasteiger charge is -2.07. The zero-order chi connectivity index (χ0) is 13.4. The molecular formula is C14H11Cl2N3. The summed E-state index contributed by atoms with van der Waals surface area (Å²) in [5.41, 5.74) is 9.32. The zero-order valence-electron chi connectivity index (χ0n) is 9.95. The van der Waals surface area contributed by atoms with Gasteiger partial charge in [-0.15, -0.1) is 0 Å². The Morgan fingerprint density at radius 1 is 1.16 bits per heavy atom. The van der Waals surface area contributed by atoms with Gasteiger partial charge in [-0.1, -0.05) is 53.5 Å². The van der Waals surface area contributed by atoms with Crippen LogP contribution in [0.2, 0.25) is 10.0 Å². The molecule has 96 valence electrons. The summed E-state index contributed by atoms with van der Waals surface area (Å²) in [6.45, 7) is 0. The monoisotopic (exact) mass is 291 g/mol. The highest BCUT2D eigenvalue weighted by molar-refractivity contribution is 6.43. The second kappa shape index (κ2) is 4.76. The maximum absolute atomic E-state index is 6.30. The smallest absolute Gasteiger partial charge is 0.198 e. The highest BCUT2D eigenvalue weighted by Crippen LogP contribution is 2.33. The Bertz CT molecular complexity index is 735. The lowest BCUT2D eigenvalue weighted by atomic mass is 10.0. The second-order valence-corrected chi connectivity index (χ2v) is 5.12. The topological polar surface area (TPSA) is 54.7 Å². The van der Waals surface area contributed by atoms with Crippen molar-refractivity contribution in [3.8, 4) is 0 Å². The fourth-order valence-electron chi connectivity index (χ4n) is 2.14. The van der Waals surface area contributed by atoms with E-state index < -0.39 is 0 Å². The van der Waals surface area contributed by atoms with Gasteiger partial charge in [0.2, 0.25) is 0 Å². The molecule has 3 aromatic rings. The van der Waals surface area contributed by atoms with Gasteiger partial charge in [0.15, 0.2) is 5.95 Å². The van der Waals surface area contributed by atoms with Crippen LogP contribution in [-0.2, 0) is 6.42 Å². The molecule has 0 aliphatic carbocycles. The van der Waals surface area contributed by atoms with Gasteiger partial charge in [0.05, 0.1) is 21.1 Å². The van der Waals surface area contributed by atoms with Gasteiger partial charge in [0, 0.05) is 12.0 Å². The van der Waals surface area contributed by atoms with Gasteiger partial charge in [0.25, 0.3) is 0 Å². The molecule has 3 rings (SSSR count). The number of aromatic nitrogens is 2. The van der Waals surface area contributed by atoms with Crippen LogP contribution < -0.4 is 5.73 Å². The minimum atomic E-state index is 0.364. The molecule has 5 heteroatoms. The van der Waals surface area contributed by atoms with Crippen LogP contribution in [0.25, 0.3) is 11.0 Å². The summed E-state index contributed by atoms with van der Waals surface area (Å²) in [4.78, 5) is 7.27. The Kier molecular flexibility index (Phi) is 3.09. The standard InChI is InChI=1S/C14H11Cl2N3/c15-10-7-11-13(19-14(17)18-11)9(12(10)16)6-8-4-2-1-3-5-8/h1-5,7H,6H2,(H3,17,18,19). The maximum atomic E-state index is 6.30. The van der Waals surface area contributed by atoms with Crippen molar-refractivity contribution in [3.63, 3.8) is 0 Å². The number of nitrogens with two attached hydrogens (primary N) is 1. The van der Waals surface area contributed by atoms with Crippen LogP contribution in [0.3, 0.4) is 0 Å². The number of halogens is 2. The van der Waals surface area contributed by atoms with Gasteiger partial charge in [-0.3, -0.25) is 0 Å². The maximum Gasteiger partial charge on any atom is 0.198 e. The lowest BCUT2D eigenvalue weighted by Crippen LogP contribution is -1.92. The van der Waals surface area contributed by atoms with E-state index in [0.29, 0.717) is 22.4 Å². The molecule has 0 saturated heterocycles. The Morgan fingerprint density at radius 2 is 1.89 bits per heavy atom. The summed E-state index contributed by atoms with van der Waals surface area (Å²) in [7, 11) is 0. The second-order valence-electron chi connectivity index (χ2n) is 4.33. The van der Waals surface area contributed by atoms with Crippen LogP contribution in [0.5, 0.6) is 0 Å². The van der Waals surface area contributed by atoms with E-state index in [1.165, 1.54) is 0 Å². The van der Waals surface area contributed by atoms with Crippen LogP contribution in [0, 0.1) is 0 Å². The number of anilines is 1. The normalized spacial score (nSPS) is 11.1. The average molecular weight is 292 g/mol. The molecule has 2 aromatic carbocycles. The van der Waals surface area contributed by atoms with Crippen molar-refractivity contribution in [3.05, 3.63) is 57.6 Å². The van der Waals surface area contributed by atoms with Crippen LogP contribution in [-0.4, -0.2) is 9.97 Å². The van der Waals surface area contributed by atoms with E-state index >= 15 is 0 Å². The van der Waals surface area contributed by atoms with Crippen molar-refractivity contribution in [2.24, 2.45) is 0 Å². The van der Waals surface area contributed by atoms with Crippen LogP contribution in [0.15, 0.2) is 36.4 Å². The van der Waals surface area contributed by atoms with Gasteiger partial charge < -0.3 is 10.7 Å². The summed E-state index contributed by atoms with van der Waals surface area (Å²) in [5.74, 6) is 0.364. The largest absolute Gasteiger partial charge is 0.369 e. The third kappa shape index (κ3) is 2.27. The van der Waals surface area contributed by atoms with Crippen molar-refractivity contribution in [1.29, 1.82) is 0 Å². The number of nitrogens with one attached hydrogen (secondary N) is 1. The molecular weight excluding hydrogens is 281 g/mol. The molecule has 0 unspecified atom stereocenters. The van der Waals surface area contributed by atoms with Crippen molar-refractivity contribution in [2.75, 3.05) is 5.73 Å². The molecule has 0 saturated carbocycles. The summed E-state index contributed by atoms with van der Waals surface area (Å²) in [6.07, 6.45) is 0.668. The molecule has 0 aliphatic rings. The van der Waals surface area contributed by atoms with E-state index in [1.54, 1.807) is 6.07 Å². The highest BCUT2D eigenvalue weighted by Gasteiger charge is 2.14. The van der Waals surface area contributed by atoms with Crippen LogP contribution in [0.1, 0.15) is 11.1 Å². The number of rotatable bonds is 2. The van der Waals surface area contributed by atoms with Crippen molar-refractivity contribution >= 4 is 40.2 Å². The molecule has 0 atom stereocenters. The predicted molar refractivity (Wildman–Crippen MR) is 79.8 cm³/mol. The van der Waals surface area contributed by atoms with Crippen molar-refractivity contribution in [1.82, 2.24) is 9.97 Å². The van der Waals surface area contributed by atoms with Crippen molar-refractivity contribution < 1.29 is 0 Å². The summed E-state index contributed by atoms with van der Waals surface area (Å²) in [6, 6.07) is 11.8. The Balaban J connectivity index is 2.18. The zero-order valence-corrected chi connectivity index (χ0v) is 11.5. The first-order chi connectivity index (χ1) is 9.15. The minimum absolute atomic E-state index is 0.364. The fourth-order valence-corrected chi connectivity index (χ4v) is 2.57. The van der Waals surface area contributed by atoms with E-state index in [0.717, 1.165) is 22.2 Å². The number of H-pyrrole nitrogens is 1. The number of nitrogens with zero attached hydrogens (tertiary/aromatic N) is 1. The molecule has 0 aliphatic heterocycles. The molecule has 1 aromatic heterocycles. The molecule has 19 heavy (non-hydrogen) atoms.